The number of hydrogen-bond donors (Lipinski definition) is 0. The van der Waals surface area contributed by atoms with Crippen LogP contribution in [0.15, 0.2) is 24.3 Å². The van der Waals surface area contributed by atoms with Crippen LogP contribution in [0.25, 0.3) is 0 Å². The molecule has 52 valence electrons. The first kappa shape index (κ1) is 4.38. The van der Waals surface area contributed by atoms with E-state index in [2.05, 4.69) is 24.3 Å². The molecule has 3 aliphatic rings. The molecule has 1 saturated carbocycles. The first-order valence-electron chi connectivity index (χ1n) is 4.73. The molecule has 5 atom stereocenters. The van der Waals surface area contributed by atoms with Gasteiger partial charge in [0.25, 0.3) is 0 Å². The number of rotatable bonds is 0. The third-order valence-corrected chi connectivity index (χ3v) is 3.20. The summed E-state index contributed by atoms with van der Waals surface area (Å²) in [6.07, 6.45) is 10.5. The summed E-state index contributed by atoms with van der Waals surface area (Å²) in [4.78, 5) is 0. The van der Waals surface area contributed by atoms with Gasteiger partial charge in [-0.25, -0.2) is 0 Å². The van der Waals surface area contributed by atoms with Crippen LogP contribution in [0.5, 0.6) is 0 Å². The normalized spacial score (nSPS) is 63.2. The molecule has 1 fully saturated rings. The third-order valence-electron chi connectivity index (χ3n) is 3.20. The largest absolute Gasteiger partial charge is 0.0845 e. The van der Waals surface area contributed by atoms with Crippen LogP contribution in [-0.2, 0) is 0 Å². The fourth-order valence-corrected chi connectivity index (χ4v) is 2.72. The Bertz CT molecular complexity index is 241. The molecule has 0 amide bonds. The molecule has 0 N–H and O–H groups in total. The van der Waals surface area contributed by atoms with Gasteiger partial charge in [0.2, 0.25) is 0 Å². The van der Waals surface area contributed by atoms with Crippen molar-refractivity contribution in [1.82, 2.24) is 0 Å². The zero-order valence-corrected chi connectivity index (χ0v) is 5.90. The van der Waals surface area contributed by atoms with Crippen LogP contribution >= 0.6 is 0 Å². The van der Waals surface area contributed by atoms with E-state index in [9.17, 15) is 0 Å². The van der Waals surface area contributed by atoms with Crippen LogP contribution in [0, 0.1) is 23.7 Å². The van der Waals surface area contributed by atoms with E-state index in [1.807, 2.05) is 0 Å². The quantitative estimate of drug-likeness (QED) is 0.445. The summed E-state index contributed by atoms with van der Waals surface area (Å²) in [6, 6.07) is 0. The second kappa shape index (κ2) is 1.55. The first-order chi connectivity index (χ1) is 5.36. The second-order valence-corrected chi connectivity index (χ2v) is 3.64. The molecule has 0 aliphatic heterocycles. The molecule has 0 radical (unpaired) electrons. The molecular formula is C10H12. The van der Waals surface area contributed by atoms with Gasteiger partial charge in [0.1, 0.15) is 0 Å². The van der Waals surface area contributed by atoms with Crippen molar-refractivity contribution in [3.05, 3.63) is 24.3 Å². The molecule has 0 bridgehead atoms. The summed E-state index contributed by atoms with van der Waals surface area (Å²) < 4.78 is 7.83. The minimum Gasteiger partial charge on any atom is -0.0845 e. The maximum atomic E-state index is 7.83. The van der Waals surface area contributed by atoms with E-state index in [-0.39, 0.29) is 6.40 Å². The first-order valence-corrected chi connectivity index (χ1v) is 4.15. The Morgan fingerprint density at radius 2 is 1.90 bits per heavy atom. The van der Waals surface area contributed by atoms with Gasteiger partial charge >= 0.3 is 0 Å². The van der Waals surface area contributed by atoms with Crippen molar-refractivity contribution < 1.29 is 1.37 Å². The Morgan fingerprint density at radius 1 is 1.10 bits per heavy atom. The fourth-order valence-electron chi connectivity index (χ4n) is 2.72. The zero-order valence-electron chi connectivity index (χ0n) is 6.90. The molecular weight excluding hydrogens is 120 g/mol. The second-order valence-electron chi connectivity index (χ2n) is 3.64. The molecule has 10 heavy (non-hydrogen) atoms. The summed E-state index contributed by atoms with van der Waals surface area (Å²) in [5.41, 5.74) is 0. The average molecular weight is 133 g/mol. The SMILES string of the molecule is [2H][C@H]1CC2C=CC3C=CC1C32. The molecule has 0 heterocycles. The fraction of sp³-hybridized carbons (Fsp3) is 0.600. The van der Waals surface area contributed by atoms with Crippen LogP contribution in [0.3, 0.4) is 0 Å². The van der Waals surface area contributed by atoms with Crippen molar-refractivity contribution >= 4 is 0 Å². The molecule has 3 aliphatic carbocycles. The van der Waals surface area contributed by atoms with Crippen molar-refractivity contribution in [2.45, 2.75) is 12.8 Å². The van der Waals surface area contributed by atoms with Gasteiger partial charge in [-0.3, -0.25) is 0 Å². The number of allylic oxidation sites excluding steroid dienone is 4. The van der Waals surface area contributed by atoms with Crippen molar-refractivity contribution in [1.29, 1.82) is 0 Å². The van der Waals surface area contributed by atoms with Gasteiger partial charge in [0.15, 0.2) is 0 Å². The predicted octanol–water partition coefficient (Wildman–Crippen LogP) is 2.38. The summed E-state index contributed by atoms with van der Waals surface area (Å²) in [5.74, 6) is 2.81. The molecule has 0 aromatic rings. The van der Waals surface area contributed by atoms with E-state index in [4.69, 9.17) is 1.37 Å². The lowest BCUT2D eigenvalue weighted by molar-refractivity contribution is 0.397. The van der Waals surface area contributed by atoms with Gasteiger partial charge in [-0.2, -0.15) is 0 Å². The molecule has 0 aromatic carbocycles. The van der Waals surface area contributed by atoms with Gasteiger partial charge in [-0.1, -0.05) is 24.3 Å². The van der Waals surface area contributed by atoms with Gasteiger partial charge in [0.05, 0.1) is 0 Å². The molecule has 4 unspecified atom stereocenters. The average Bonchev–Trinajstić information content (AvgIpc) is 2.53. The molecule has 0 aromatic heterocycles. The Morgan fingerprint density at radius 3 is 2.80 bits per heavy atom. The standard InChI is InChI=1S/C10H12/c1-2-8-5-6-9-4-3-7(1)10(8)9/h1-4,7-10H,5-6H2/i5D/t5-,7?,8?,9?,10?/m0/s1. The molecule has 0 spiro atoms. The minimum atomic E-state index is 0.191. The Labute approximate surface area is 63.0 Å². The highest BCUT2D eigenvalue weighted by atomic mass is 14.5. The predicted molar refractivity (Wildman–Crippen MR) is 41.5 cm³/mol. The lowest BCUT2D eigenvalue weighted by atomic mass is 9.90. The highest BCUT2D eigenvalue weighted by molar-refractivity contribution is 5.24. The monoisotopic (exact) mass is 133 g/mol. The lowest BCUT2D eigenvalue weighted by Crippen LogP contribution is -2.09. The van der Waals surface area contributed by atoms with Gasteiger partial charge < -0.3 is 0 Å². The van der Waals surface area contributed by atoms with Gasteiger partial charge in [0, 0.05) is 1.37 Å². The Balaban J connectivity index is 2.04. The van der Waals surface area contributed by atoms with E-state index in [0.29, 0.717) is 11.8 Å². The van der Waals surface area contributed by atoms with E-state index in [1.54, 1.807) is 0 Å². The summed E-state index contributed by atoms with van der Waals surface area (Å²) in [7, 11) is 0. The molecule has 0 saturated heterocycles. The third kappa shape index (κ3) is 0.448. The zero-order chi connectivity index (χ0) is 7.42. The van der Waals surface area contributed by atoms with Crippen molar-refractivity contribution in [3.8, 4) is 0 Å². The minimum absolute atomic E-state index is 0.191. The van der Waals surface area contributed by atoms with E-state index < -0.39 is 0 Å². The highest BCUT2D eigenvalue weighted by Crippen LogP contribution is 2.51. The maximum Gasteiger partial charge on any atom is 0.0273 e. The van der Waals surface area contributed by atoms with E-state index >= 15 is 0 Å². The van der Waals surface area contributed by atoms with Crippen molar-refractivity contribution in [3.63, 3.8) is 0 Å². The van der Waals surface area contributed by atoms with Gasteiger partial charge in [-0.05, 0) is 36.5 Å². The summed E-state index contributed by atoms with van der Waals surface area (Å²) in [5, 5.41) is 0. The van der Waals surface area contributed by atoms with Crippen LogP contribution in [0.2, 0.25) is 0 Å². The number of hydrogen-bond acceptors (Lipinski definition) is 0. The van der Waals surface area contributed by atoms with Crippen molar-refractivity contribution in [2.24, 2.45) is 23.7 Å². The Kier molecular flexibility index (Phi) is 0.680. The van der Waals surface area contributed by atoms with Gasteiger partial charge in [-0.15, -0.1) is 0 Å². The molecule has 3 rings (SSSR count). The van der Waals surface area contributed by atoms with Crippen LogP contribution < -0.4 is 0 Å². The summed E-state index contributed by atoms with van der Waals surface area (Å²) >= 11 is 0. The maximum absolute atomic E-state index is 7.83. The Hall–Kier alpha value is -0.520. The highest BCUT2D eigenvalue weighted by Gasteiger charge is 2.42. The van der Waals surface area contributed by atoms with E-state index in [1.165, 1.54) is 0 Å². The van der Waals surface area contributed by atoms with Crippen molar-refractivity contribution in [2.75, 3.05) is 0 Å². The summed E-state index contributed by atoms with van der Waals surface area (Å²) in [6.45, 7) is 0. The van der Waals surface area contributed by atoms with E-state index in [0.717, 1.165) is 18.3 Å². The smallest absolute Gasteiger partial charge is 0.0273 e. The topological polar surface area (TPSA) is 0 Å². The molecule has 0 heteroatoms. The lowest BCUT2D eigenvalue weighted by Gasteiger charge is -2.13. The van der Waals surface area contributed by atoms with Crippen LogP contribution in [0.1, 0.15) is 14.2 Å². The van der Waals surface area contributed by atoms with Crippen LogP contribution in [0.4, 0.5) is 0 Å². The molecule has 0 nitrogen and oxygen atoms in total. The van der Waals surface area contributed by atoms with Crippen LogP contribution in [-0.4, -0.2) is 0 Å².